The zero-order valence-corrected chi connectivity index (χ0v) is 16.2. The molecule has 2 aliphatic rings. The number of nitrogens with zero attached hydrogens (tertiary/aromatic N) is 3. The van der Waals surface area contributed by atoms with Crippen molar-refractivity contribution in [3.8, 4) is 5.75 Å². The molecular formula is C21H28N4O3. The average molecular weight is 384 g/mol. The zero-order chi connectivity index (χ0) is 19.4. The Morgan fingerprint density at radius 3 is 2.64 bits per heavy atom. The number of hydrogen-bond donors (Lipinski definition) is 1. The van der Waals surface area contributed by atoms with E-state index < -0.39 is 5.54 Å². The lowest BCUT2D eigenvalue weighted by molar-refractivity contribution is -0.132. The van der Waals surface area contributed by atoms with Gasteiger partial charge in [-0.1, -0.05) is 36.2 Å². The Hall–Kier alpha value is -2.41. The van der Waals surface area contributed by atoms with Crippen LogP contribution in [0.15, 0.2) is 34.9 Å². The molecule has 1 aromatic carbocycles. The zero-order valence-electron chi connectivity index (χ0n) is 16.2. The number of carbonyl (C=O) groups excluding carboxylic acids is 1. The number of hydrogen-bond acceptors (Lipinski definition) is 6. The first-order valence-electron chi connectivity index (χ1n) is 10.2. The topological polar surface area (TPSA) is 94.5 Å². The van der Waals surface area contributed by atoms with Crippen LogP contribution < -0.4 is 10.5 Å². The van der Waals surface area contributed by atoms with E-state index in [0.29, 0.717) is 37.8 Å². The number of benzene rings is 1. The largest absolute Gasteiger partial charge is 0.493 e. The molecule has 0 radical (unpaired) electrons. The Balaban J connectivity index is 1.24. The normalized spacial score (nSPS) is 19.7. The highest BCUT2D eigenvalue weighted by atomic mass is 16.5. The van der Waals surface area contributed by atoms with Crippen LogP contribution in [0.1, 0.15) is 62.6 Å². The molecule has 2 N–H and O–H groups in total. The lowest BCUT2D eigenvalue weighted by Crippen LogP contribution is -2.38. The second-order valence-corrected chi connectivity index (χ2v) is 7.89. The van der Waals surface area contributed by atoms with Gasteiger partial charge < -0.3 is 19.9 Å². The first-order valence-corrected chi connectivity index (χ1v) is 10.2. The van der Waals surface area contributed by atoms with Gasteiger partial charge in [0.1, 0.15) is 5.75 Å². The number of likely N-dealkylation sites (tertiary alicyclic amines) is 1. The van der Waals surface area contributed by atoms with E-state index in [1.54, 1.807) is 0 Å². The smallest absolute Gasteiger partial charge is 0.229 e. The van der Waals surface area contributed by atoms with Crippen molar-refractivity contribution in [2.45, 2.75) is 56.4 Å². The predicted molar refractivity (Wildman–Crippen MR) is 104 cm³/mol. The highest BCUT2D eigenvalue weighted by Gasteiger charge is 2.37. The van der Waals surface area contributed by atoms with Crippen LogP contribution in [-0.2, 0) is 10.3 Å². The number of amides is 1. The Kier molecular flexibility index (Phi) is 5.62. The van der Waals surface area contributed by atoms with E-state index in [0.717, 1.165) is 44.3 Å². The van der Waals surface area contributed by atoms with Gasteiger partial charge in [0.15, 0.2) is 5.82 Å². The molecule has 4 rings (SSSR count). The van der Waals surface area contributed by atoms with Crippen molar-refractivity contribution >= 4 is 5.91 Å². The Labute approximate surface area is 165 Å². The molecule has 150 valence electrons. The summed E-state index contributed by atoms with van der Waals surface area (Å²) in [6.07, 6.45) is 6.15. The lowest BCUT2D eigenvalue weighted by atomic mass is 9.95. The second kappa shape index (κ2) is 8.31. The van der Waals surface area contributed by atoms with Crippen molar-refractivity contribution in [2.75, 3.05) is 19.7 Å². The molecular weight excluding hydrogens is 356 g/mol. The number of aromatic nitrogens is 2. The summed E-state index contributed by atoms with van der Waals surface area (Å²) in [6, 6.07) is 9.57. The molecule has 0 unspecified atom stereocenters. The van der Waals surface area contributed by atoms with Crippen molar-refractivity contribution in [3.05, 3.63) is 42.0 Å². The molecule has 1 aliphatic carbocycles. The second-order valence-electron chi connectivity index (χ2n) is 7.89. The maximum atomic E-state index is 12.4. The Morgan fingerprint density at radius 2 is 1.93 bits per heavy atom. The molecule has 2 fully saturated rings. The fraction of sp³-hybridized carbons (Fsp3) is 0.571. The minimum atomic E-state index is -0.419. The molecule has 7 heteroatoms. The fourth-order valence-electron chi connectivity index (χ4n) is 4.14. The third-order valence-electron chi connectivity index (χ3n) is 5.91. The van der Waals surface area contributed by atoms with Gasteiger partial charge in [-0.15, -0.1) is 0 Å². The predicted octanol–water partition coefficient (Wildman–Crippen LogP) is 2.97. The summed E-state index contributed by atoms with van der Waals surface area (Å²) in [5.74, 6) is 2.45. The standard InChI is InChI=1S/C21H28N4O3/c22-21(11-4-5-12-21)20-23-19(28-24-20)16-8-13-25(14-9-16)18(26)10-15-27-17-6-2-1-3-7-17/h1-3,6-7,16H,4-5,8-15,22H2. The van der Waals surface area contributed by atoms with E-state index in [1.165, 1.54) is 0 Å². The van der Waals surface area contributed by atoms with Gasteiger partial charge in [-0.3, -0.25) is 4.79 Å². The lowest BCUT2D eigenvalue weighted by Gasteiger charge is -2.30. The van der Waals surface area contributed by atoms with Gasteiger partial charge in [-0.2, -0.15) is 4.98 Å². The van der Waals surface area contributed by atoms with Crippen LogP contribution >= 0.6 is 0 Å². The number of piperidine rings is 1. The van der Waals surface area contributed by atoms with Gasteiger partial charge in [0.2, 0.25) is 11.8 Å². The highest BCUT2D eigenvalue weighted by Crippen LogP contribution is 2.36. The summed E-state index contributed by atoms with van der Waals surface area (Å²) in [4.78, 5) is 19.0. The number of nitrogens with two attached hydrogens (primary N) is 1. The van der Waals surface area contributed by atoms with E-state index in [-0.39, 0.29) is 11.8 Å². The van der Waals surface area contributed by atoms with E-state index in [9.17, 15) is 4.79 Å². The molecule has 0 spiro atoms. The number of ether oxygens (including phenoxy) is 1. The number of rotatable bonds is 6. The summed E-state index contributed by atoms with van der Waals surface area (Å²) in [6.45, 7) is 1.81. The molecule has 0 atom stereocenters. The van der Waals surface area contributed by atoms with Crippen molar-refractivity contribution < 1.29 is 14.1 Å². The molecule has 0 bridgehead atoms. The van der Waals surface area contributed by atoms with Crippen LogP contribution in [-0.4, -0.2) is 40.6 Å². The van der Waals surface area contributed by atoms with Gasteiger partial charge in [0.25, 0.3) is 0 Å². The van der Waals surface area contributed by atoms with Crippen molar-refractivity contribution in [3.63, 3.8) is 0 Å². The molecule has 7 nitrogen and oxygen atoms in total. The molecule has 1 aliphatic heterocycles. The Morgan fingerprint density at radius 1 is 1.21 bits per heavy atom. The summed E-state index contributed by atoms with van der Waals surface area (Å²) in [7, 11) is 0. The maximum absolute atomic E-state index is 12.4. The van der Waals surface area contributed by atoms with Gasteiger partial charge >= 0.3 is 0 Å². The minimum absolute atomic E-state index is 0.132. The third kappa shape index (κ3) is 4.19. The summed E-state index contributed by atoms with van der Waals surface area (Å²) < 4.78 is 11.2. The monoisotopic (exact) mass is 384 g/mol. The van der Waals surface area contributed by atoms with Crippen molar-refractivity contribution in [1.29, 1.82) is 0 Å². The summed E-state index contributed by atoms with van der Waals surface area (Å²) in [5, 5.41) is 4.16. The van der Waals surface area contributed by atoms with Gasteiger partial charge in [0.05, 0.1) is 18.6 Å². The van der Waals surface area contributed by atoms with E-state index in [1.807, 2.05) is 35.2 Å². The molecule has 1 aromatic heterocycles. The van der Waals surface area contributed by atoms with Crippen LogP contribution in [0.4, 0.5) is 0 Å². The first kappa shape index (κ1) is 18.9. The van der Waals surface area contributed by atoms with Crippen LogP contribution in [0.2, 0.25) is 0 Å². The molecule has 2 aromatic rings. The van der Waals surface area contributed by atoms with Crippen LogP contribution in [0.5, 0.6) is 5.75 Å². The molecule has 1 saturated heterocycles. The summed E-state index contributed by atoms with van der Waals surface area (Å²) in [5.41, 5.74) is 6.00. The highest BCUT2D eigenvalue weighted by molar-refractivity contribution is 5.76. The molecule has 28 heavy (non-hydrogen) atoms. The van der Waals surface area contributed by atoms with Crippen LogP contribution in [0, 0.1) is 0 Å². The molecule has 1 saturated carbocycles. The average Bonchev–Trinajstić information content (AvgIpc) is 3.39. The summed E-state index contributed by atoms with van der Waals surface area (Å²) >= 11 is 0. The first-order chi connectivity index (χ1) is 13.6. The van der Waals surface area contributed by atoms with Crippen LogP contribution in [0.25, 0.3) is 0 Å². The minimum Gasteiger partial charge on any atom is -0.493 e. The van der Waals surface area contributed by atoms with Crippen LogP contribution in [0.3, 0.4) is 0 Å². The fourth-order valence-corrected chi connectivity index (χ4v) is 4.14. The SMILES string of the molecule is NC1(c2noc(C3CCN(C(=O)CCOc4ccccc4)CC3)n2)CCCC1. The molecule has 2 heterocycles. The van der Waals surface area contributed by atoms with E-state index in [4.69, 9.17) is 15.0 Å². The van der Waals surface area contributed by atoms with E-state index in [2.05, 4.69) is 10.1 Å². The number of para-hydroxylation sites is 1. The van der Waals surface area contributed by atoms with Gasteiger partial charge in [0, 0.05) is 19.0 Å². The quantitative estimate of drug-likeness (QED) is 0.823. The molecule has 1 amide bonds. The Bertz CT molecular complexity index is 778. The van der Waals surface area contributed by atoms with Gasteiger partial charge in [-0.05, 0) is 37.8 Å². The van der Waals surface area contributed by atoms with Crippen molar-refractivity contribution in [1.82, 2.24) is 15.0 Å². The number of carbonyl (C=O) groups is 1. The third-order valence-corrected chi connectivity index (χ3v) is 5.91. The maximum Gasteiger partial charge on any atom is 0.229 e. The van der Waals surface area contributed by atoms with Gasteiger partial charge in [-0.25, -0.2) is 0 Å². The van der Waals surface area contributed by atoms with E-state index >= 15 is 0 Å². The van der Waals surface area contributed by atoms with Crippen molar-refractivity contribution in [2.24, 2.45) is 5.73 Å².